The molecule has 0 aromatic carbocycles. The molecule has 2 N–H and O–H groups in total. The Hall–Kier alpha value is -1.56. The Labute approximate surface area is 121 Å². The lowest BCUT2D eigenvalue weighted by Gasteiger charge is -2.31. The number of alkyl halides is 1. The summed E-state index contributed by atoms with van der Waals surface area (Å²) in [6.45, 7) is 1.80. The van der Waals surface area contributed by atoms with Gasteiger partial charge in [0.1, 0.15) is 11.6 Å². The molecule has 0 radical (unpaired) electrons. The van der Waals surface area contributed by atoms with Crippen molar-refractivity contribution >= 4 is 23.1 Å². The molecule has 6 nitrogen and oxygen atoms in total. The molecule has 1 aliphatic carbocycles. The number of aromatic nitrogens is 4. The molecule has 108 valence electrons. The molecule has 2 aromatic heterocycles. The van der Waals surface area contributed by atoms with Crippen LogP contribution in [-0.2, 0) is 0 Å². The highest BCUT2D eigenvalue weighted by Gasteiger charge is 2.24. The lowest BCUT2D eigenvalue weighted by Crippen LogP contribution is -2.33. The molecular formula is C13H18ClN5O. The summed E-state index contributed by atoms with van der Waals surface area (Å²) in [4.78, 5) is 16.0. The summed E-state index contributed by atoms with van der Waals surface area (Å²) in [5, 5.41) is 9.89. The van der Waals surface area contributed by atoms with Crippen molar-refractivity contribution in [2.75, 3.05) is 11.2 Å². The zero-order valence-electron chi connectivity index (χ0n) is 11.4. The van der Waals surface area contributed by atoms with Crippen LogP contribution in [0.3, 0.4) is 0 Å². The van der Waals surface area contributed by atoms with Crippen LogP contribution in [0.4, 0.5) is 5.82 Å². The van der Waals surface area contributed by atoms with Gasteiger partial charge < -0.3 is 5.32 Å². The average Bonchev–Trinajstić information content (AvgIpc) is 2.81. The maximum absolute atomic E-state index is 11.6. The van der Waals surface area contributed by atoms with E-state index in [2.05, 4.69) is 20.5 Å². The first kappa shape index (κ1) is 13.4. The molecule has 7 heteroatoms. The van der Waals surface area contributed by atoms with Gasteiger partial charge in [-0.25, -0.2) is 19.3 Å². The van der Waals surface area contributed by atoms with E-state index in [1.54, 1.807) is 13.0 Å². The van der Waals surface area contributed by atoms with Crippen LogP contribution in [0.25, 0.3) is 5.65 Å². The van der Waals surface area contributed by atoms with Crippen LogP contribution in [0, 0.1) is 12.8 Å². The number of anilines is 1. The molecule has 1 fully saturated rings. The first-order valence-electron chi connectivity index (χ1n) is 6.96. The maximum Gasteiger partial charge on any atom is 0.349 e. The van der Waals surface area contributed by atoms with Crippen molar-refractivity contribution in [3.8, 4) is 0 Å². The zero-order valence-corrected chi connectivity index (χ0v) is 12.2. The van der Waals surface area contributed by atoms with Gasteiger partial charge in [0, 0.05) is 18.0 Å². The summed E-state index contributed by atoms with van der Waals surface area (Å²) in [5.41, 5.74) is 0.330. The highest BCUT2D eigenvalue weighted by Crippen LogP contribution is 2.27. The van der Waals surface area contributed by atoms with E-state index >= 15 is 0 Å². The summed E-state index contributed by atoms with van der Waals surface area (Å²) in [6, 6.07) is 2.14. The number of hydrogen-bond donors (Lipinski definition) is 2. The Kier molecular flexibility index (Phi) is 3.65. The van der Waals surface area contributed by atoms with Gasteiger partial charge in [-0.15, -0.1) is 11.6 Å². The molecule has 2 aromatic rings. The third kappa shape index (κ3) is 2.40. The minimum absolute atomic E-state index is 0.257. The van der Waals surface area contributed by atoms with Gasteiger partial charge in [0.05, 0.1) is 0 Å². The molecule has 0 amide bonds. The molecule has 0 saturated heterocycles. The summed E-state index contributed by atoms with van der Waals surface area (Å²) < 4.78 is 1.46. The lowest BCUT2D eigenvalue weighted by atomic mass is 9.86. The average molecular weight is 296 g/mol. The highest BCUT2D eigenvalue weighted by atomic mass is 35.5. The number of nitrogens with one attached hydrogen (secondary N) is 2. The van der Waals surface area contributed by atoms with Crippen LogP contribution in [-0.4, -0.2) is 31.5 Å². The van der Waals surface area contributed by atoms with Gasteiger partial charge in [0.2, 0.25) is 0 Å². The molecule has 2 heterocycles. The fourth-order valence-corrected chi connectivity index (χ4v) is 3.31. The summed E-state index contributed by atoms with van der Waals surface area (Å²) in [6.07, 6.45) is 4.73. The summed E-state index contributed by atoms with van der Waals surface area (Å²) in [7, 11) is 0. The van der Waals surface area contributed by atoms with E-state index in [9.17, 15) is 4.79 Å². The van der Waals surface area contributed by atoms with E-state index in [-0.39, 0.29) is 5.69 Å². The topological polar surface area (TPSA) is 75.1 Å². The Morgan fingerprint density at radius 3 is 3.10 bits per heavy atom. The van der Waals surface area contributed by atoms with Crippen molar-refractivity contribution in [2.24, 2.45) is 5.92 Å². The van der Waals surface area contributed by atoms with Gasteiger partial charge >= 0.3 is 5.69 Å². The summed E-state index contributed by atoms with van der Waals surface area (Å²) in [5.74, 6) is 2.53. The van der Waals surface area contributed by atoms with Gasteiger partial charge in [0.15, 0.2) is 5.65 Å². The van der Waals surface area contributed by atoms with E-state index in [4.69, 9.17) is 11.6 Å². The smallest absolute Gasteiger partial charge is 0.349 e. The van der Waals surface area contributed by atoms with Crippen LogP contribution in [0.5, 0.6) is 0 Å². The molecule has 0 bridgehead atoms. The number of fused-ring (bicyclic) bond motifs is 1. The first-order valence-corrected chi connectivity index (χ1v) is 7.50. The number of H-pyrrole nitrogens is 1. The van der Waals surface area contributed by atoms with E-state index in [1.165, 1.54) is 17.2 Å². The molecule has 0 spiro atoms. The minimum atomic E-state index is -0.257. The van der Waals surface area contributed by atoms with Crippen molar-refractivity contribution in [3.63, 3.8) is 0 Å². The zero-order chi connectivity index (χ0) is 14.1. The Morgan fingerprint density at radius 1 is 1.50 bits per heavy atom. The number of rotatable bonds is 3. The van der Waals surface area contributed by atoms with Gasteiger partial charge in [-0.1, -0.05) is 12.8 Å². The molecule has 3 rings (SSSR count). The fourth-order valence-electron chi connectivity index (χ4n) is 2.94. The maximum atomic E-state index is 11.6. The Bertz CT molecular complexity index is 664. The molecular weight excluding hydrogens is 278 g/mol. The van der Waals surface area contributed by atoms with Crippen molar-refractivity contribution in [3.05, 3.63) is 22.4 Å². The van der Waals surface area contributed by atoms with Crippen LogP contribution in [0.15, 0.2) is 10.9 Å². The van der Waals surface area contributed by atoms with E-state index in [1.807, 2.05) is 0 Å². The third-order valence-electron chi connectivity index (χ3n) is 4.01. The van der Waals surface area contributed by atoms with Gasteiger partial charge in [-0.2, -0.15) is 5.10 Å². The SMILES string of the molecule is Cc1nc(NC2CCCCC2CCl)cc2n[nH]c(=O)n12. The van der Waals surface area contributed by atoms with Crippen LogP contribution >= 0.6 is 11.6 Å². The molecule has 20 heavy (non-hydrogen) atoms. The second-order valence-corrected chi connectivity index (χ2v) is 5.67. The van der Waals surface area contributed by atoms with Crippen molar-refractivity contribution in [1.82, 2.24) is 19.6 Å². The van der Waals surface area contributed by atoms with E-state index < -0.39 is 0 Å². The molecule has 2 unspecified atom stereocenters. The van der Waals surface area contributed by atoms with E-state index in [0.717, 1.165) is 18.7 Å². The highest BCUT2D eigenvalue weighted by molar-refractivity contribution is 6.18. The van der Waals surface area contributed by atoms with Gasteiger partial charge in [-0.05, 0) is 25.7 Å². The number of halogens is 1. The third-order valence-corrected chi connectivity index (χ3v) is 4.41. The number of aromatic amines is 1. The Morgan fingerprint density at radius 2 is 2.30 bits per heavy atom. The first-order chi connectivity index (χ1) is 9.69. The predicted molar refractivity (Wildman–Crippen MR) is 78.4 cm³/mol. The second-order valence-electron chi connectivity index (χ2n) is 5.36. The predicted octanol–water partition coefficient (Wildman–Crippen LogP) is 1.94. The lowest BCUT2D eigenvalue weighted by molar-refractivity contribution is 0.352. The van der Waals surface area contributed by atoms with Crippen molar-refractivity contribution in [2.45, 2.75) is 38.6 Å². The number of aryl methyl sites for hydroxylation is 1. The molecule has 1 aliphatic rings. The van der Waals surface area contributed by atoms with Gasteiger partial charge in [0.25, 0.3) is 0 Å². The van der Waals surface area contributed by atoms with Crippen molar-refractivity contribution < 1.29 is 0 Å². The summed E-state index contributed by atoms with van der Waals surface area (Å²) >= 11 is 6.05. The fraction of sp³-hybridized carbons (Fsp3) is 0.615. The largest absolute Gasteiger partial charge is 0.367 e. The normalized spacial score (nSPS) is 23.1. The quantitative estimate of drug-likeness (QED) is 0.849. The number of nitrogens with zero attached hydrogens (tertiary/aromatic N) is 3. The van der Waals surface area contributed by atoms with Crippen LogP contribution in [0.1, 0.15) is 31.5 Å². The minimum Gasteiger partial charge on any atom is -0.367 e. The van der Waals surface area contributed by atoms with E-state index in [0.29, 0.717) is 29.3 Å². The Balaban J connectivity index is 1.88. The van der Waals surface area contributed by atoms with Crippen molar-refractivity contribution in [1.29, 1.82) is 0 Å². The van der Waals surface area contributed by atoms with Crippen LogP contribution < -0.4 is 11.0 Å². The molecule has 0 aliphatic heterocycles. The van der Waals surface area contributed by atoms with Crippen LogP contribution in [0.2, 0.25) is 0 Å². The molecule has 2 atom stereocenters. The second kappa shape index (κ2) is 5.44. The monoisotopic (exact) mass is 295 g/mol. The molecule has 1 saturated carbocycles. The number of hydrogen-bond acceptors (Lipinski definition) is 4. The van der Waals surface area contributed by atoms with Gasteiger partial charge in [-0.3, -0.25) is 0 Å². The standard InChI is InChI=1S/C13H18ClN5O/c1-8-15-11(6-12-17-18-13(20)19(8)12)16-10-5-3-2-4-9(10)7-14/h6,9-10,16H,2-5,7H2,1H3,(H,18,20).